The van der Waals surface area contributed by atoms with Crippen molar-refractivity contribution in [3.05, 3.63) is 106 Å². The van der Waals surface area contributed by atoms with Crippen molar-refractivity contribution in [1.82, 2.24) is 5.32 Å². The third-order valence-corrected chi connectivity index (χ3v) is 7.06. The van der Waals surface area contributed by atoms with Gasteiger partial charge in [-0.05, 0) is 77.9 Å². The molecule has 1 heteroatoms. The van der Waals surface area contributed by atoms with Crippen LogP contribution < -0.4 is 5.32 Å². The highest BCUT2D eigenvalue weighted by Crippen LogP contribution is 2.42. The van der Waals surface area contributed by atoms with Gasteiger partial charge in [0.15, 0.2) is 0 Å². The molecule has 0 aliphatic heterocycles. The maximum absolute atomic E-state index is 3.65. The van der Waals surface area contributed by atoms with Gasteiger partial charge in [-0.2, -0.15) is 0 Å². The Morgan fingerprint density at radius 1 is 0.867 bits per heavy atom. The second-order valence-corrected chi connectivity index (χ2v) is 10.0. The predicted molar refractivity (Wildman–Crippen MR) is 128 cm³/mol. The van der Waals surface area contributed by atoms with E-state index in [-0.39, 0.29) is 11.0 Å². The number of hydrogen-bond donors (Lipinski definition) is 1. The van der Waals surface area contributed by atoms with Crippen LogP contribution in [0.3, 0.4) is 0 Å². The van der Waals surface area contributed by atoms with Gasteiger partial charge in [-0.1, -0.05) is 93.6 Å². The van der Waals surface area contributed by atoms with Gasteiger partial charge in [0, 0.05) is 0 Å². The molecule has 0 saturated carbocycles. The van der Waals surface area contributed by atoms with Crippen molar-refractivity contribution in [3.63, 3.8) is 0 Å². The van der Waals surface area contributed by atoms with Crippen LogP contribution >= 0.6 is 0 Å². The average Bonchev–Trinajstić information content (AvgIpc) is 2.86. The number of hydrogen-bond acceptors (Lipinski definition) is 1. The van der Waals surface area contributed by atoms with E-state index in [1.807, 2.05) is 0 Å². The summed E-state index contributed by atoms with van der Waals surface area (Å²) < 4.78 is 0. The SMILES string of the molecule is CNC1(C)c2ccccc2CC(CCc2ccc(C(C)(C)C)cc2)c2ccccc21. The first-order valence-electron chi connectivity index (χ1n) is 11.3. The van der Waals surface area contributed by atoms with Gasteiger partial charge in [0.1, 0.15) is 0 Å². The Morgan fingerprint density at radius 2 is 1.50 bits per heavy atom. The first-order chi connectivity index (χ1) is 14.3. The molecule has 0 amide bonds. The zero-order chi connectivity index (χ0) is 21.4. The van der Waals surface area contributed by atoms with Crippen molar-refractivity contribution in [3.8, 4) is 0 Å². The van der Waals surface area contributed by atoms with E-state index in [0.717, 1.165) is 12.8 Å². The number of aryl methyl sites for hydroxylation is 1. The average molecular weight is 398 g/mol. The molecule has 1 nitrogen and oxygen atoms in total. The monoisotopic (exact) mass is 397 g/mol. The van der Waals surface area contributed by atoms with Gasteiger partial charge in [-0.3, -0.25) is 0 Å². The van der Waals surface area contributed by atoms with Crippen LogP contribution in [0.1, 0.15) is 73.4 Å². The van der Waals surface area contributed by atoms with E-state index >= 15 is 0 Å². The molecule has 0 bridgehead atoms. The number of rotatable bonds is 4. The molecular weight excluding hydrogens is 362 g/mol. The molecule has 0 aromatic heterocycles. The second-order valence-electron chi connectivity index (χ2n) is 10.0. The Kier molecular flexibility index (Phi) is 5.59. The molecule has 2 atom stereocenters. The first kappa shape index (κ1) is 20.9. The van der Waals surface area contributed by atoms with E-state index in [1.54, 1.807) is 0 Å². The summed E-state index contributed by atoms with van der Waals surface area (Å²) in [7, 11) is 2.09. The highest BCUT2D eigenvalue weighted by atomic mass is 14.9. The minimum Gasteiger partial charge on any atom is -0.307 e. The van der Waals surface area contributed by atoms with Crippen LogP contribution in [-0.4, -0.2) is 7.05 Å². The molecule has 4 rings (SSSR count). The first-order valence-corrected chi connectivity index (χ1v) is 11.3. The molecule has 1 N–H and O–H groups in total. The Hall–Kier alpha value is -2.38. The van der Waals surface area contributed by atoms with E-state index in [2.05, 4.69) is 113 Å². The second kappa shape index (κ2) is 8.04. The Bertz CT molecular complexity index is 1010. The molecule has 30 heavy (non-hydrogen) atoms. The molecular formula is C29H35N. The van der Waals surface area contributed by atoms with Crippen LogP contribution in [0.25, 0.3) is 0 Å². The zero-order valence-electron chi connectivity index (χ0n) is 19.1. The predicted octanol–water partition coefficient (Wildman–Crippen LogP) is 6.74. The summed E-state index contributed by atoms with van der Waals surface area (Å²) in [5.74, 6) is 0.528. The van der Waals surface area contributed by atoms with E-state index in [1.165, 1.54) is 39.8 Å². The molecule has 156 valence electrons. The Labute approximate surface area is 182 Å². The van der Waals surface area contributed by atoms with Crippen molar-refractivity contribution in [2.45, 2.75) is 63.8 Å². The van der Waals surface area contributed by atoms with Crippen LogP contribution in [0.15, 0.2) is 72.8 Å². The lowest BCUT2D eigenvalue weighted by Gasteiger charge is -2.32. The minimum absolute atomic E-state index is 0.156. The smallest absolute Gasteiger partial charge is 0.0664 e. The number of fused-ring (bicyclic) bond motifs is 2. The van der Waals surface area contributed by atoms with E-state index in [4.69, 9.17) is 0 Å². The van der Waals surface area contributed by atoms with Crippen LogP contribution in [0.2, 0.25) is 0 Å². The third-order valence-electron chi connectivity index (χ3n) is 7.06. The molecule has 1 aliphatic carbocycles. The van der Waals surface area contributed by atoms with Crippen LogP contribution in [-0.2, 0) is 23.8 Å². The van der Waals surface area contributed by atoms with Crippen molar-refractivity contribution >= 4 is 0 Å². The zero-order valence-corrected chi connectivity index (χ0v) is 19.1. The van der Waals surface area contributed by atoms with Crippen molar-refractivity contribution in [1.29, 1.82) is 0 Å². The van der Waals surface area contributed by atoms with Crippen LogP contribution in [0, 0.1) is 0 Å². The quantitative estimate of drug-likeness (QED) is 0.514. The Morgan fingerprint density at radius 3 is 2.17 bits per heavy atom. The molecule has 0 spiro atoms. The fourth-order valence-corrected chi connectivity index (χ4v) is 5.05. The molecule has 2 unspecified atom stereocenters. The van der Waals surface area contributed by atoms with E-state index < -0.39 is 0 Å². The summed E-state index contributed by atoms with van der Waals surface area (Å²) in [6.45, 7) is 9.17. The third kappa shape index (κ3) is 3.84. The number of nitrogens with one attached hydrogen (secondary N) is 1. The molecule has 0 fully saturated rings. The maximum Gasteiger partial charge on any atom is 0.0664 e. The Balaban J connectivity index is 1.66. The topological polar surface area (TPSA) is 12.0 Å². The minimum atomic E-state index is -0.156. The summed E-state index contributed by atoms with van der Waals surface area (Å²) >= 11 is 0. The largest absolute Gasteiger partial charge is 0.307 e. The molecule has 0 radical (unpaired) electrons. The summed E-state index contributed by atoms with van der Waals surface area (Å²) in [4.78, 5) is 0. The van der Waals surface area contributed by atoms with Gasteiger partial charge in [0.05, 0.1) is 5.54 Å². The van der Waals surface area contributed by atoms with Crippen LogP contribution in [0.5, 0.6) is 0 Å². The molecule has 3 aromatic carbocycles. The highest BCUT2D eigenvalue weighted by Gasteiger charge is 2.36. The summed E-state index contributed by atoms with van der Waals surface area (Å²) in [6, 6.07) is 27.3. The fraction of sp³-hybridized carbons (Fsp3) is 0.379. The van der Waals surface area contributed by atoms with Gasteiger partial charge < -0.3 is 5.32 Å². The standard InChI is InChI=1S/C29H35N/c1-28(2,3)24-18-15-21(16-19-24)14-17-22-20-23-10-6-8-12-26(23)29(4,30-5)27-13-9-7-11-25(22)27/h6-13,15-16,18-19,22,30H,14,17,20H2,1-5H3. The van der Waals surface area contributed by atoms with Gasteiger partial charge in [0.2, 0.25) is 0 Å². The number of benzene rings is 3. The normalized spacial score (nSPS) is 20.9. The lowest BCUT2D eigenvalue weighted by atomic mass is 9.81. The van der Waals surface area contributed by atoms with Crippen molar-refractivity contribution < 1.29 is 0 Å². The van der Waals surface area contributed by atoms with E-state index in [0.29, 0.717) is 5.92 Å². The fourth-order valence-electron chi connectivity index (χ4n) is 5.05. The van der Waals surface area contributed by atoms with Gasteiger partial charge in [0.25, 0.3) is 0 Å². The summed E-state index contributed by atoms with van der Waals surface area (Å²) in [5.41, 5.74) is 8.70. The maximum atomic E-state index is 3.65. The molecule has 0 saturated heterocycles. The van der Waals surface area contributed by atoms with Gasteiger partial charge in [-0.15, -0.1) is 0 Å². The molecule has 1 aliphatic rings. The molecule has 3 aromatic rings. The van der Waals surface area contributed by atoms with Crippen molar-refractivity contribution in [2.75, 3.05) is 7.05 Å². The highest BCUT2D eigenvalue weighted by molar-refractivity contribution is 5.50. The van der Waals surface area contributed by atoms with Crippen LogP contribution in [0.4, 0.5) is 0 Å². The van der Waals surface area contributed by atoms with Gasteiger partial charge >= 0.3 is 0 Å². The lowest BCUT2D eigenvalue weighted by molar-refractivity contribution is 0.481. The summed E-state index contributed by atoms with van der Waals surface area (Å²) in [5, 5.41) is 3.65. The summed E-state index contributed by atoms with van der Waals surface area (Å²) in [6.07, 6.45) is 3.38. The van der Waals surface area contributed by atoms with Gasteiger partial charge in [-0.25, -0.2) is 0 Å². The lowest BCUT2D eigenvalue weighted by Crippen LogP contribution is -2.38. The van der Waals surface area contributed by atoms with Crippen molar-refractivity contribution in [2.24, 2.45) is 0 Å². The molecule has 0 heterocycles. The van der Waals surface area contributed by atoms with E-state index in [9.17, 15) is 0 Å².